The molecule has 0 bridgehead atoms. The van der Waals surface area contributed by atoms with Crippen LogP contribution in [0.25, 0.3) is 0 Å². The first-order valence-electron chi connectivity index (χ1n) is 6.54. The summed E-state index contributed by atoms with van der Waals surface area (Å²) in [4.78, 5) is 4.42. The van der Waals surface area contributed by atoms with Crippen LogP contribution in [0.2, 0.25) is 0 Å². The molecule has 0 aliphatic heterocycles. The molecular formula is C13H23N3. The van der Waals surface area contributed by atoms with E-state index in [2.05, 4.69) is 34.9 Å². The lowest BCUT2D eigenvalue weighted by molar-refractivity contribution is 0.355. The second-order valence-electron chi connectivity index (χ2n) is 5.22. The molecular weight excluding hydrogens is 198 g/mol. The topological polar surface area (TPSA) is 29.9 Å². The number of nitrogens with one attached hydrogen (secondary N) is 1. The zero-order valence-electron chi connectivity index (χ0n) is 10.4. The van der Waals surface area contributed by atoms with Crippen molar-refractivity contribution < 1.29 is 0 Å². The van der Waals surface area contributed by atoms with E-state index in [0.717, 1.165) is 12.5 Å². The Morgan fingerprint density at radius 1 is 1.38 bits per heavy atom. The number of aromatic nitrogens is 2. The van der Waals surface area contributed by atoms with Gasteiger partial charge in [-0.15, -0.1) is 0 Å². The van der Waals surface area contributed by atoms with Crippen molar-refractivity contribution in [2.24, 2.45) is 5.92 Å². The highest BCUT2D eigenvalue weighted by Crippen LogP contribution is 2.30. The Morgan fingerprint density at radius 3 is 2.81 bits per heavy atom. The van der Waals surface area contributed by atoms with E-state index in [9.17, 15) is 0 Å². The van der Waals surface area contributed by atoms with Crippen LogP contribution in [0.3, 0.4) is 0 Å². The molecule has 3 nitrogen and oxygen atoms in total. The van der Waals surface area contributed by atoms with Gasteiger partial charge in [0.1, 0.15) is 0 Å². The van der Waals surface area contributed by atoms with Crippen LogP contribution in [0.4, 0.5) is 5.95 Å². The molecule has 0 atom stereocenters. The highest BCUT2D eigenvalue weighted by Gasteiger charge is 2.17. The summed E-state index contributed by atoms with van der Waals surface area (Å²) in [6, 6.07) is 0.672. The van der Waals surface area contributed by atoms with Gasteiger partial charge in [0.05, 0.1) is 0 Å². The molecule has 90 valence electrons. The highest BCUT2D eigenvalue weighted by atomic mass is 15.2. The first-order chi connectivity index (χ1) is 7.77. The Bertz CT molecular complexity index is 311. The third-order valence-corrected chi connectivity index (χ3v) is 3.31. The van der Waals surface area contributed by atoms with Gasteiger partial charge >= 0.3 is 0 Å². The van der Waals surface area contributed by atoms with Crippen molar-refractivity contribution >= 4 is 5.95 Å². The minimum atomic E-state index is 0.663. The first kappa shape index (κ1) is 11.5. The van der Waals surface area contributed by atoms with Gasteiger partial charge in [-0.1, -0.05) is 33.1 Å². The Hall–Kier alpha value is -0.990. The van der Waals surface area contributed by atoms with Gasteiger partial charge in [0, 0.05) is 25.0 Å². The molecule has 16 heavy (non-hydrogen) atoms. The van der Waals surface area contributed by atoms with Crippen molar-refractivity contribution in [2.75, 3.05) is 11.9 Å². The molecule has 3 heteroatoms. The number of hydrogen-bond donors (Lipinski definition) is 1. The van der Waals surface area contributed by atoms with Crippen molar-refractivity contribution in [3.63, 3.8) is 0 Å². The van der Waals surface area contributed by atoms with E-state index in [1.54, 1.807) is 0 Å². The highest BCUT2D eigenvalue weighted by molar-refractivity contribution is 5.26. The Kier molecular flexibility index (Phi) is 3.86. The van der Waals surface area contributed by atoms with Crippen LogP contribution in [0.1, 0.15) is 52.0 Å². The maximum Gasteiger partial charge on any atom is 0.203 e. The van der Waals surface area contributed by atoms with E-state index in [1.807, 2.05) is 6.20 Å². The second-order valence-corrected chi connectivity index (χ2v) is 5.22. The maximum absolute atomic E-state index is 4.42. The number of nitrogens with zero attached hydrogens (tertiary/aromatic N) is 2. The number of imidazole rings is 1. The van der Waals surface area contributed by atoms with Crippen LogP contribution in [0, 0.1) is 5.92 Å². The van der Waals surface area contributed by atoms with E-state index >= 15 is 0 Å². The standard InChI is InChI=1S/C13H23N3/c1-11(2)10-15-13-14-8-9-16(13)12-6-4-3-5-7-12/h8-9,11-12H,3-7,10H2,1-2H3,(H,14,15). The summed E-state index contributed by atoms with van der Waals surface area (Å²) in [6.07, 6.45) is 10.8. The van der Waals surface area contributed by atoms with Gasteiger partial charge in [-0.3, -0.25) is 0 Å². The number of rotatable bonds is 4. The van der Waals surface area contributed by atoms with Gasteiger partial charge in [0.25, 0.3) is 0 Å². The number of anilines is 1. The van der Waals surface area contributed by atoms with Crippen molar-refractivity contribution in [3.05, 3.63) is 12.4 Å². The third-order valence-electron chi connectivity index (χ3n) is 3.31. The van der Waals surface area contributed by atoms with E-state index in [0.29, 0.717) is 12.0 Å². The van der Waals surface area contributed by atoms with E-state index < -0.39 is 0 Å². The summed E-state index contributed by atoms with van der Waals surface area (Å²) in [5.74, 6) is 1.72. The van der Waals surface area contributed by atoms with E-state index in [-0.39, 0.29) is 0 Å². The Balaban J connectivity index is 2.00. The zero-order valence-corrected chi connectivity index (χ0v) is 10.4. The van der Waals surface area contributed by atoms with Crippen molar-refractivity contribution in [2.45, 2.75) is 52.0 Å². The average molecular weight is 221 g/mol. The Labute approximate surface area is 98.3 Å². The van der Waals surface area contributed by atoms with Crippen LogP contribution in [-0.2, 0) is 0 Å². The molecule has 1 fully saturated rings. The zero-order chi connectivity index (χ0) is 11.4. The fourth-order valence-corrected chi connectivity index (χ4v) is 2.40. The molecule has 2 rings (SSSR count). The summed E-state index contributed by atoms with van der Waals surface area (Å²) in [7, 11) is 0. The van der Waals surface area contributed by atoms with Crippen molar-refractivity contribution in [1.29, 1.82) is 0 Å². The van der Waals surface area contributed by atoms with Gasteiger partial charge in [0.15, 0.2) is 0 Å². The van der Waals surface area contributed by atoms with Gasteiger partial charge in [-0.25, -0.2) is 4.98 Å². The molecule has 0 spiro atoms. The molecule has 1 aliphatic rings. The van der Waals surface area contributed by atoms with Crippen molar-refractivity contribution in [3.8, 4) is 0 Å². The molecule has 0 saturated heterocycles. The predicted molar refractivity (Wildman–Crippen MR) is 67.7 cm³/mol. The minimum Gasteiger partial charge on any atom is -0.355 e. The van der Waals surface area contributed by atoms with Crippen LogP contribution in [0.15, 0.2) is 12.4 Å². The first-order valence-corrected chi connectivity index (χ1v) is 6.54. The summed E-state index contributed by atoms with van der Waals surface area (Å²) in [5, 5.41) is 3.44. The molecule has 1 aromatic heterocycles. The van der Waals surface area contributed by atoms with Gasteiger partial charge in [-0.05, 0) is 18.8 Å². The maximum atomic E-state index is 4.42. The lowest BCUT2D eigenvalue weighted by atomic mass is 9.95. The monoisotopic (exact) mass is 221 g/mol. The second kappa shape index (κ2) is 5.37. The average Bonchev–Trinajstić information content (AvgIpc) is 2.75. The molecule has 1 heterocycles. The molecule has 0 radical (unpaired) electrons. The summed E-state index contributed by atoms with van der Waals surface area (Å²) in [6.45, 7) is 5.45. The van der Waals surface area contributed by atoms with Crippen LogP contribution < -0.4 is 5.32 Å². The van der Waals surface area contributed by atoms with Crippen molar-refractivity contribution in [1.82, 2.24) is 9.55 Å². The normalized spacial score (nSPS) is 17.9. The van der Waals surface area contributed by atoms with Crippen LogP contribution >= 0.6 is 0 Å². The molecule has 1 saturated carbocycles. The predicted octanol–water partition coefficient (Wildman–Crippen LogP) is 3.46. The lowest BCUT2D eigenvalue weighted by Gasteiger charge is -2.25. The van der Waals surface area contributed by atoms with E-state index in [4.69, 9.17) is 0 Å². The fourth-order valence-electron chi connectivity index (χ4n) is 2.40. The third kappa shape index (κ3) is 2.77. The summed E-state index contributed by atoms with van der Waals surface area (Å²) >= 11 is 0. The summed E-state index contributed by atoms with van der Waals surface area (Å²) in [5.41, 5.74) is 0. The molecule has 1 aromatic rings. The van der Waals surface area contributed by atoms with Crippen LogP contribution in [-0.4, -0.2) is 16.1 Å². The molecule has 1 aliphatic carbocycles. The largest absolute Gasteiger partial charge is 0.355 e. The molecule has 1 N–H and O–H groups in total. The molecule has 0 aromatic carbocycles. The van der Waals surface area contributed by atoms with Gasteiger partial charge in [0.2, 0.25) is 5.95 Å². The minimum absolute atomic E-state index is 0.663. The molecule has 0 amide bonds. The SMILES string of the molecule is CC(C)CNc1nccn1C1CCCCC1. The Morgan fingerprint density at radius 2 is 2.12 bits per heavy atom. The number of hydrogen-bond acceptors (Lipinski definition) is 2. The quantitative estimate of drug-likeness (QED) is 0.844. The smallest absolute Gasteiger partial charge is 0.203 e. The molecule has 0 unspecified atom stereocenters. The van der Waals surface area contributed by atoms with Gasteiger partial charge in [-0.2, -0.15) is 0 Å². The van der Waals surface area contributed by atoms with Crippen LogP contribution in [0.5, 0.6) is 0 Å². The lowest BCUT2D eigenvalue weighted by Crippen LogP contribution is -2.17. The van der Waals surface area contributed by atoms with E-state index in [1.165, 1.54) is 32.1 Å². The summed E-state index contributed by atoms with van der Waals surface area (Å²) < 4.78 is 2.33. The van der Waals surface area contributed by atoms with Gasteiger partial charge < -0.3 is 9.88 Å². The fraction of sp³-hybridized carbons (Fsp3) is 0.769.